The Morgan fingerprint density at radius 2 is 1.41 bits per heavy atom. The van der Waals surface area contributed by atoms with Crippen molar-refractivity contribution in [3.05, 3.63) is 114 Å². The van der Waals surface area contributed by atoms with Crippen molar-refractivity contribution < 1.29 is 4.57 Å². The number of aromatic nitrogens is 2. The maximum Gasteiger partial charge on any atom is 0.240 e. The van der Waals surface area contributed by atoms with E-state index in [1.807, 2.05) is 0 Å². The van der Waals surface area contributed by atoms with Crippen LogP contribution in [0.4, 0.5) is 11.4 Å². The number of anilines is 2. The van der Waals surface area contributed by atoms with Crippen LogP contribution in [0.25, 0.3) is 38.5 Å². The lowest BCUT2D eigenvalue weighted by molar-refractivity contribution is -0.538. The zero-order chi connectivity index (χ0) is 23.2. The average molecular weight is 441 g/mol. The standard InChI is InChI=1S/C31H25N3/c1-20-13-16-27-29(17-20)34(24-9-5-4-6-10-24)30-19-28(32-23-15-14-21(2)22(3)18-23)25-11-7-8-12-26(25)31(30)33-27/h4-19H,1-3H3/p+1. The van der Waals surface area contributed by atoms with Gasteiger partial charge in [0.15, 0.2) is 0 Å². The van der Waals surface area contributed by atoms with Gasteiger partial charge in [-0.25, -0.2) is 4.98 Å². The molecule has 5 aromatic carbocycles. The van der Waals surface area contributed by atoms with Gasteiger partial charge in [-0.05, 0) is 55.7 Å². The van der Waals surface area contributed by atoms with Gasteiger partial charge in [0, 0.05) is 40.7 Å². The predicted molar refractivity (Wildman–Crippen MR) is 142 cm³/mol. The zero-order valence-electron chi connectivity index (χ0n) is 19.6. The van der Waals surface area contributed by atoms with Gasteiger partial charge < -0.3 is 5.32 Å². The van der Waals surface area contributed by atoms with Crippen LogP contribution in [0.15, 0.2) is 97.1 Å². The summed E-state index contributed by atoms with van der Waals surface area (Å²) in [6.07, 6.45) is 0. The van der Waals surface area contributed by atoms with E-state index < -0.39 is 0 Å². The number of para-hydroxylation sites is 1. The lowest BCUT2D eigenvalue weighted by atomic mass is 10.0. The van der Waals surface area contributed by atoms with Crippen LogP contribution in [-0.4, -0.2) is 4.98 Å². The van der Waals surface area contributed by atoms with Gasteiger partial charge in [-0.3, -0.25) is 0 Å². The summed E-state index contributed by atoms with van der Waals surface area (Å²) in [7, 11) is 0. The van der Waals surface area contributed by atoms with Crippen LogP contribution in [0.2, 0.25) is 0 Å². The number of hydrogen-bond donors (Lipinski definition) is 1. The molecular weight excluding hydrogens is 414 g/mol. The van der Waals surface area contributed by atoms with Crippen molar-refractivity contribution in [1.82, 2.24) is 4.98 Å². The highest BCUT2D eigenvalue weighted by molar-refractivity contribution is 6.11. The van der Waals surface area contributed by atoms with Crippen molar-refractivity contribution in [1.29, 1.82) is 0 Å². The summed E-state index contributed by atoms with van der Waals surface area (Å²) in [5.74, 6) is 0. The molecule has 6 rings (SSSR count). The van der Waals surface area contributed by atoms with Crippen LogP contribution in [-0.2, 0) is 0 Å². The van der Waals surface area contributed by atoms with Crippen molar-refractivity contribution >= 4 is 44.2 Å². The van der Waals surface area contributed by atoms with Crippen molar-refractivity contribution in [2.24, 2.45) is 0 Å². The van der Waals surface area contributed by atoms with Crippen molar-refractivity contribution in [3.8, 4) is 5.69 Å². The maximum atomic E-state index is 5.16. The van der Waals surface area contributed by atoms with Gasteiger partial charge in [-0.15, -0.1) is 4.57 Å². The summed E-state index contributed by atoms with van der Waals surface area (Å²) < 4.78 is 2.34. The van der Waals surface area contributed by atoms with Gasteiger partial charge in [0.2, 0.25) is 16.7 Å². The smallest absolute Gasteiger partial charge is 0.240 e. The largest absolute Gasteiger partial charge is 0.355 e. The highest BCUT2D eigenvalue weighted by atomic mass is 15.0. The molecule has 1 N–H and O–H groups in total. The molecule has 0 aliphatic heterocycles. The molecule has 3 heteroatoms. The van der Waals surface area contributed by atoms with Crippen molar-refractivity contribution in [2.45, 2.75) is 20.8 Å². The fourth-order valence-corrected chi connectivity index (χ4v) is 4.72. The van der Waals surface area contributed by atoms with E-state index in [9.17, 15) is 0 Å². The lowest BCUT2D eigenvalue weighted by Gasteiger charge is -2.14. The number of hydrogen-bond acceptors (Lipinski definition) is 2. The molecule has 0 spiro atoms. The summed E-state index contributed by atoms with van der Waals surface area (Å²) in [6.45, 7) is 6.43. The second-order valence-electron chi connectivity index (χ2n) is 9.04. The summed E-state index contributed by atoms with van der Waals surface area (Å²) >= 11 is 0. The lowest BCUT2D eigenvalue weighted by Crippen LogP contribution is -2.33. The molecule has 0 saturated carbocycles. The molecule has 164 valence electrons. The molecule has 1 aromatic heterocycles. The molecule has 6 aromatic rings. The van der Waals surface area contributed by atoms with Gasteiger partial charge >= 0.3 is 0 Å². The minimum Gasteiger partial charge on any atom is -0.355 e. The third kappa shape index (κ3) is 3.37. The molecule has 0 unspecified atom stereocenters. The topological polar surface area (TPSA) is 28.8 Å². The fraction of sp³-hybridized carbons (Fsp3) is 0.0968. The van der Waals surface area contributed by atoms with Gasteiger partial charge in [0.05, 0.1) is 5.69 Å². The summed E-state index contributed by atoms with van der Waals surface area (Å²) in [5, 5.41) is 6.00. The number of benzene rings is 5. The maximum absolute atomic E-state index is 5.16. The van der Waals surface area contributed by atoms with E-state index in [0.717, 1.165) is 49.9 Å². The summed E-state index contributed by atoms with van der Waals surface area (Å²) in [6, 6.07) is 34.3. The molecule has 3 nitrogen and oxygen atoms in total. The quantitative estimate of drug-likeness (QED) is 0.175. The van der Waals surface area contributed by atoms with E-state index in [-0.39, 0.29) is 0 Å². The van der Waals surface area contributed by atoms with Crippen molar-refractivity contribution in [2.75, 3.05) is 5.32 Å². The second kappa shape index (κ2) is 7.96. The third-order valence-corrected chi connectivity index (χ3v) is 6.64. The Morgan fingerprint density at radius 1 is 0.647 bits per heavy atom. The average Bonchev–Trinajstić information content (AvgIpc) is 2.86. The van der Waals surface area contributed by atoms with E-state index in [1.165, 1.54) is 16.7 Å². The fourth-order valence-electron chi connectivity index (χ4n) is 4.72. The molecule has 0 atom stereocenters. The van der Waals surface area contributed by atoms with Crippen LogP contribution < -0.4 is 9.88 Å². The Hall–Kier alpha value is -4.24. The monoisotopic (exact) mass is 440 g/mol. The summed E-state index contributed by atoms with van der Waals surface area (Å²) in [4.78, 5) is 5.16. The highest BCUT2D eigenvalue weighted by Crippen LogP contribution is 2.33. The first-order chi connectivity index (χ1) is 16.6. The molecule has 1 heterocycles. The first-order valence-electron chi connectivity index (χ1n) is 11.7. The third-order valence-electron chi connectivity index (χ3n) is 6.64. The number of rotatable bonds is 3. The molecule has 0 bridgehead atoms. The van der Waals surface area contributed by atoms with Crippen LogP contribution >= 0.6 is 0 Å². The number of aryl methyl sites for hydroxylation is 3. The van der Waals surface area contributed by atoms with E-state index in [1.54, 1.807) is 0 Å². The highest BCUT2D eigenvalue weighted by Gasteiger charge is 2.22. The van der Waals surface area contributed by atoms with Gasteiger partial charge in [-0.2, -0.15) is 0 Å². The Labute approximate surface area is 199 Å². The minimum atomic E-state index is 0.988. The number of fused-ring (bicyclic) bond motifs is 4. The molecular formula is C31H26N3+. The SMILES string of the molecule is Cc1ccc2nc3c4ccccc4c(Nc4ccc(C)c(C)c4)cc3[n+](-c3ccccc3)c2c1. The van der Waals surface area contributed by atoms with Crippen LogP contribution in [0, 0.1) is 20.8 Å². The first kappa shape index (κ1) is 20.4. The van der Waals surface area contributed by atoms with Gasteiger partial charge in [0.25, 0.3) is 0 Å². The minimum absolute atomic E-state index is 0.988. The van der Waals surface area contributed by atoms with Crippen molar-refractivity contribution in [3.63, 3.8) is 0 Å². The molecule has 0 aliphatic carbocycles. The molecule has 0 aliphatic rings. The van der Waals surface area contributed by atoms with Gasteiger partial charge in [0.1, 0.15) is 11.0 Å². The first-order valence-corrected chi connectivity index (χ1v) is 11.7. The molecule has 0 saturated heterocycles. The molecule has 0 amide bonds. The Bertz CT molecular complexity index is 1700. The van der Waals surface area contributed by atoms with E-state index >= 15 is 0 Å². The summed E-state index contributed by atoms with van der Waals surface area (Å²) in [5.41, 5.74) is 11.2. The van der Waals surface area contributed by atoms with E-state index in [0.29, 0.717) is 0 Å². The van der Waals surface area contributed by atoms with Crippen LogP contribution in [0.5, 0.6) is 0 Å². The Balaban J connectivity index is 1.72. The van der Waals surface area contributed by atoms with E-state index in [4.69, 9.17) is 4.98 Å². The number of nitrogens with zero attached hydrogens (tertiary/aromatic N) is 2. The second-order valence-corrected chi connectivity index (χ2v) is 9.04. The Morgan fingerprint density at radius 3 is 2.21 bits per heavy atom. The normalized spacial score (nSPS) is 11.4. The molecule has 0 fully saturated rings. The molecule has 0 radical (unpaired) electrons. The van der Waals surface area contributed by atoms with Gasteiger partial charge in [-0.1, -0.05) is 54.6 Å². The Kier molecular flexibility index (Phi) is 4.77. The zero-order valence-corrected chi connectivity index (χ0v) is 19.6. The predicted octanol–water partition coefficient (Wildman–Crippen LogP) is 7.49. The van der Waals surface area contributed by atoms with E-state index in [2.05, 4.69) is 128 Å². The van der Waals surface area contributed by atoms with Crippen LogP contribution in [0.1, 0.15) is 16.7 Å². The molecule has 34 heavy (non-hydrogen) atoms. The van der Waals surface area contributed by atoms with Crippen LogP contribution in [0.3, 0.4) is 0 Å². The number of nitrogens with one attached hydrogen (secondary N) is 1.